The van der Waals surface area contributed by atoms with E-state index in [0.29, 0.717) is 24.5 Å². The number of aliphatic hydroxyl groups excluding tert-OH is 1. The van der Waals surface area contributed by atoms with E-state index in [1.165, 1.54) is 0 Å². The summed E-state index contributed by atoms with van der Waals surface area (Å²) >= 11 is 0. The van der Waals surface area contributed by atoms with Crippen LogP contribution in [0, 0.1) is 0 Å². The Balaban J connectivity index is 1.65. The molecule has 1 saturated heterocycles. The highest BCUT2D eigenvalue weighted by molar-refractivity contribution is 5.94. The number of hydrogen-bond donors (Lipinski definition) is 3. The van der Waals surface area contributed by atoms with Gasteiger partial charge in [-0.1, -0.05) is 0 Å². The molecule has 1 fully saturated rings. The Morgan fingerprint density at radius 1 is 1.50 bits per heavy atom. The second-order valence-electron chi connectivity index (χ2n) is 4.70. The molecule has 3 N–H and O–H groups in total. The molecule has 2 aromatic rings. The first-order valence-corrected chi connectivity index (χ1v) is 6.41. The second-order valence-corrected chi connectivity index (χ2v) is 4.70. The maximum atomic E-state index is 11.9. The van der Waals surface area contributed by atoms with Crippen LogP contribution in [-0.4, -0.2) is 44.5 Å². The van der Waals surface area contributed by atoms with Gasteiger partial charge in [0.2, 0.25) is 5.91 Å². The van der Waals surface area contributed by atoms with Crippen molar-refractivity contribution in [3.8, 4) is 5.82 Å². The topological polar surface area (TPSA) is 92.1 Å². The van der Waals surface area contributed by atoms with E-state index in [2.05, 4.69) is 20.7 Å². The van der Waals surface area contributed by atoms with E-state index in [-0.39, 0.29) is 11.9 Å². The number of carbonyl (C=O) groups is 1. The Hall–Kier alpha value is -2.25. The van der Waals surface area contributed by atoms with Gasteiger partial charge in [-0.25, -0.2) is 9.67 Å². The van der Waals surface area contributed by atoms with E-state index >= 15 is 0 Å². The third-order valence-electron chi connectivity index (χ3n) is 3.18. The highest BCUT2D eigenvalue weighted by Gasteiger charge is 2.27. The van der Waals surface area contributed by atoms with Gasteiger partial charge in [-0.15, -0.1) is 0 Å². The maximum absolute atomic E-state index is 11.9. The molecule has 0 bridgehead atoms. The minimum absolute atomic E-state index is 0.157. The van der Waals surface area contributed by atoms with Crippen molar-refractivity contribution in [3.63, 3.8) is 0 Å². The molecule has 0 radical (unpaired) electrons. The van der Waals surface area contributed by atoms with Crippen molar-refractivity contribution in [3.05, 3.63) is 36.8 Å². The van der Waals surface area contributed by atoms with Crippen LogP contribution in [0.2, 0.25) is 0 Å². The largest absolute Gasteiger partial charge is 0.392 e. The van der Waals surface area contributed by atoms with E-state index in [1.807, 2.05) is 6.07 Å². The molecule has 1 amide bonds. The number of aliphatic hydroxyl groups is 1. The molecule has 7 heteroatoms. The minimum Gasteiger partial charge on any atom is -0.392 e. The van der Waals surface area contributed by atoms with Crippen molar-refractivity contribution in [2.75, 3.05) is 11.9 Å². The third kappa shape index (κ3) is 2.68. The molecule has 2 unspecified atom stereocenters. The molecular weight excluding hydrogens is 258 g/mol. The van der Waals surface area contributed by atoms with Crippen molar-refractivity contribution >= 4 is 11.6 Å². The number of anilines is 1. The molecule has 0 saturated carbocycles. The Morgan fingerprint density at radius 2 is 2.40 bits per heavy atom. The molecular formula is C13H15N5O2. The lowest BCUT2D eigenvalue weighted by Gasteiger charge is -2.11. The summed E-state index contributed by atoms with van der Waals surface area (Å²) in [7, 11) is 0. The average Bonchev–Trinajstić information content (AvgIpc) is 3.10. The van der Waals surface area contributed by atoms with Crippen LogP contribution in [0.1, 0.15) is 6.42 Å². The molecule has 1 aliphatic rings. The SMILES string of the molecule is O=C(Nc1ccc(-n2cccn2)nc1)C1CC(O)CN1. The summed E-state index contributed by atoms with van der Waals surface area (Å²) in [6, 6.07) is 5.01. The summed E-state index contributed by atoms with van der Waals surface area (Å²) in [5.41, 5.74) is 0.620. The third-order valence-corrected chi connectivity index (χ3v) is 3.18. The average molecular weight is 273 g/mol. The predicted molar refractivity (Wildman–Crippen MR) is 72.4 cm³/mol. The highest BCUT2D eigenvalue weighted by Crippen LogP contribution is 2.12. The zero-order valence-corrected chi connectivity index (χ0v) is 10.7. The fraction of sp³-hybridized carbons (Fsp3) is 0.308. The zero-order valence-electron chi connectivity index (χ0n) is 10.7. The van der Waals surface area contributed by atoms with Crippen LogP contribution < -0.4 is 10.6 Å². The number of amides is 1. The molecule has 2 aromatic heterocycles. The number of rotatable bonds is 3. The van der Waals surface area contributed by atoms with E-state index in [4.69, 9.17) is 0 Å². The van der Waals surface area contributed by atoms with Crippen LogP contribution in [0.4, 0.5) is 5.69 Å². The second kappa shape index (κ2) is 5.40. The van der Waals surface area contributed by atoms with E-state index in [0.717, 1.165) is 0 Å². The summed E-state index contributed by atoms with van der Waals surface area (Å²) in [6.07, 6.45) is 5.04. The highest BCUT2D eigenvalue weighted by atomic mass is 16.3. The fourth-order valence-corrected chi connectivity index (χ4v) is 2.15. The monoisotopic (exact) mass is 273 g/mol. The van der Waals surface area contributed by atoms with E-state index in [1.54, 1.807) is 35.4 Å². The normalized spacial score (nSPS) is 21.9. The van der Waals surface area contributed by atoms with Crippen molar-refractivity contribution in [2.45, 2.75) is 18.6 Å². The number of carbonyl (C=O) groups excluding carboxylic acids is 1. The molecule has 1 aliphatic heterocycles. The Labute approximate surface area is 115 Å². The van der Waals surface area contributed by atoms with Crippen LogP contribution >= 0.6 is 0 Å². The molecule has 0 aromatic carbocycles. The quantitative estimate of drug-likeness (QED) is 0.728. The Kier molecular flexibility index (Phi) is 3.44. The van der Waals surface area contributed by atoms with Crippen LogP contribution in [0.15, 0.2) is 36.8 Å². The number of pyridine rings is 1. The number of hydrogen-bond acceptors (Lipinski definition) is 5. The Morgan fingerprint density at radius 3 is 3.00 bits per heavy atom. The number of nitrogens with zero attached hydrogens (tertiary/aromatic N) is 3. The number of nitrogens with one attached hydrogen (secondary N) is 2. The van der Waals surface area contributed by atoms with Crippen LogP contribution in [0.5, 0.6) is 0 Å². The summed E-state index contributed by atoms with van der Waals surface area (Å²) < 4.78 is 1.64. The lowest BCUT2D eigenvalue weighted by atomic mass is 10.2. The number of β-amino-alcohol motifs (C(OH)–C–C–N with tert-alkyl or cyclic N) is 1. The van der Waals surface area contributed by atoms with E-state index < -0.39 is 6.10 Å². The summed E-state index contributed by atoms with van der Waals surface area (Å²) in [5, 5.41) is 19.2. The summed E-state index contributed by atoms with van der Waals surface area (Å²) in [5.74, 6) is 0.526. The van der Waals surface area contributed by atoms with Gasteiger partial charge in [-0.05, 0) is 24.6 Å². The lowest BCUT2D eigenvalue weighted by molar-refractivity contribution is -0.117. The fourth-order valence-electron chi connectivity index (χ4n) is 2.15. The van der Waals surface area contributed by atoms with Crippen LogP contribution in [0.25, 0.3) is 5.82 Å². The first-order valence-electron chi connectivity index (χ1n) is 6.41. The molecule has 20 heavy (non-hydrogen) atoms. The predicted octanol–water partition coefficient (Wildman–Crippen LogP) is -0.0714. The van der Waals surface area contributed by atoms with Gasteiger partial charge in [0, 0.05) is 18.9 Å². The zero-order chi connectivity index (χ0) is 13.9. The standard InChI is InChI=1S/C13H15N5O2/c19-10-6-11(14-8-10)13(20)17-9-2-3-12(15-7-9)18-5-1-4-16-18/h1-5,7,10-11,14,19H,6,8H2,(H,17,20). The van der Waals surface area contributed by atoms with Gasteiger partial charge < -0.3 is 15.7 Å². The van der Waals surface area contributed by atoms with Crippen LogP contribution in [0.3, 0.4) is 0 Å². The first kappa shape index (κ1) is 12.8. The van der Waals surface area contributed by atoms with Gasteiger partial charge in [0.05, 0.1) is 24.0 Å². The van der Waals surface area contributed by atoms with Gasteiger partial charge >= 0.3 is 0 Å². The molecule has 7 nitrogen and oxygen atoms in total. The van der Waals surface area contributed by atoms with Crippen molar-refractivity contribution in [1.29, 1.82) is 0 Å². The summed E-state index contributed by atoms with van der Waals surface area (Å²) in [4.78, 5) is 16.2. The van der Waals surface area contributed by atoms with Crippen LogP contribution in [-0.2, 0) is 4.79 Å². The minimum atomic E-state index is -0.453. The molecule has 3 heterocycles. The molecule has 0 spiro atoms. The van der Waals surface area contributed by atoms with Crippen molar-refractivity contribution in [1.82, 2.24) is 20.1 Å². The molecule has 0 aliphatic carbocycles. The molecule has 2 atom stereocenters. The van der Waals surface area contributed by atoms with Gasteiger partial charge in [0.1, 0.15) is 0 Å². The van der Waals surface area contributed by atoms with Gasteiger partial charge in [0.25, 0.3) is 0 Å². The van der Waals surface area contributed by atoms with E-state index in [9.17, 15) is 9.90 Å². The summed E-state index contributed by atoms with van der Waals surface area (Å²) in [6.45, 7) is 0.453. The van der Waals surface area contributed by atoms with Gasteiger partial charge in [0.15, 0.2) is 5.82 Å². The number of aromatic nitrogens is 3. The Bertz CT molecular complexity index is 581. The molecule has 104 valence electrons. The maximum Gasteiger partial charge on any atom is 0.241 e. The van der Waals surface area contributed by atoms with Gasteiger partial charge in [-0.2, -0.15) is 5.10 Å². The smallest absolute Gasteiger partial charge is 0.241 e. The molecule has 3 rings (SSSR count). The lowest BCUT2D eigenvalue weighted by Crippen LogP contribution is -2.35. The van der Waals surface area contributed by atoms with Gasteiger partial charge in [-0.3, -0.25) is 4.79 Å². The first-order chi connectivity index (χ1) is 9.72. The van der Waals surface area contributed by atoms with Crippen molar-refractivity contribution < 1.29 is 9.90 Å². The van der Waals surface area contributed by atoms with Crippen molar-refractivity contribution in [2.24, 2.45) is 0 Å².